The molecule has 2 aromatic rings. The summed E-state index contributed by atoms with van der Waals surface area (Å²) in [6.45, 7) is 5.69. The predicted octanol–water partition coefficient (Wildman–Crippen LogP) is 4.00. The van der Waals surface area contributed by atoms with Crippen LogP contribution >= 0.6 is 22.6 Å². The molecule has 0 radical (unpaired) electrons. The van der Waals surface area contributed by atoms with Crippen molar-refractivity contribution in [2.24, 2.45) is 0 Å². The number of nitrogens with zero attached hydrogens (tertiary/aromatic N) is 1. The number of anilines is 1. The SMILES string of the molecule is Cc1cc(C)c(NC(=O)c2ccc(F)cc2I)c(C)n1. The number of carbonyl (C=O) groups is 1. The van der Waals surface area contributed by atoms with Gasteiger partial charge in [0.1, 0.15) is 5.82 Å². The number of amides is 1. The lowest BCUT2D eigenvalue weighted by Crippen LogP contribution is -2.16. The molecule has 0 fully saturated rings. The monoisotopic (exact) mass is 384 g/mol. The fraction of sp³-hybridized carbons (Fsp3) is 0.200. The summed E-state index contributed by atoms with van der Waals surface area (Å²) in [5.41, 5.74) is 3.80. The number of aromatic nitrogens is 1. The Morgan fingerprint density at radius 1 is 1.25 bits per heavy atom. The van der Waals surface area contributed by atoms with E-state index in [1.807, 2.05) is 49.4 Å². The average molecular weight is 384 g/mol. The van der Waals surface area contributed by atoms with Crippen LogP contribution in [0.5, 0.6) is 0 Å². The van der Waals surface area contributed by atoms with Crippen LogP contribution in [0.4, 0.5) is 10.1 Å². The Bertz CT molecular complexity index is 663. The van der Waals surface area contributed by atoms with Crippen molar-refractivity contribution >= 4 is 34.2 Å². The molecule has 0 aliphatic carbocycles. The van der Waals surface area contributed by atoms with Gasteiger partial charge >= 0.3 is 0 Å². The number of carbonyl (C=O) groups excluding carboxylic acids is 1. The Hall–Kier alpha value is -1.50. The maximum Gasteiger partial charge on any atom is 0.256 e. The summed E-state index contributed by atoms with van der Waals surface area (Å²) in [4.78, 5) is 16.6. The highest BCUT2D eigenvalue weighted by Crippen LogP contribution is 2.21. The van der Waals surface area contributed by atoms with E-state index in [1.54, 1.807) is 0 Å². The van der Waals surface area contributed by atoms with Crippen molar-refractivity contribution in [3.63, 3.8) is 0 Å². The third kappa shape index (κ3) is 3.15. The van der Waals surface area contributed by atoms with E-state index < -0.39 is 0 Å². The number of nitrogens with one attached hydrogen (secondary N) is 1. The molecule has 1 aromatic carbocycles. The van der Waals surface area contributed by atoms with Gasteiger partial charge in [-0.15, -0.1) is 0 Å². The average Bonchev–Trinajstić information content (AvgIpc) is 2.33. The molecule has 104 valence electrons. The van der Waals surface area contributed by atoms with Gasteiger partial charge in [-0.05, 0) is 73.2 Å². The third-order valence-electron chi connectivity index (χ3n) is 2.94. The Labute approximate surface area is 130 Å². The van der Waals surface area contributed by atoms with Crippen LogP contribution in [-0.4, -0.2) is 10.9 Å². The molecule has 1 aromatic heterocycles. The molecule has 0 aliphatic rings. The molecular formula is C15H14FIN2O. The predicted molar refractivity (Wildman–Crippen MR) is 85.5 cm³/mol. The fourth-order valence-electron chi connectivity index (χ4n) is 2.07. The first kappa shape index (κ1) is 14.9. The first-order chi connectivity index (χ1) is 9.38. The van der Waals surface area contributed by atoms with Crippen molar-refractivity contribution in [1.82, 2.24) is 4.98 Å². The van der Waals surface area contributed by atoms with Crippen molar-refractivity contribution in [3.05, 3.63) is 56.2 Å². The summed E-state index contributed by atoms with van der Waals surface area (Å²) in [5, 5.41) is 2.85. The highest BCUT2D eigenvalue weighted by atomic mass is 127. The van der Waals surface area contributed by atoms with Gasteiger partial charge in [0.25, 0.3) is 5.91 Å². The second-order valence-corrected chi connectivity index (χ2v) is 5.78. The van der Waals surface area contributed by atoms with Crippen molar-refractivity contribution < 1.29 is 9.18 Å². The van der Waals surface area contributed by atoms with Gasteiger partial charge in [-0.3, -0.25) is 9.78 Å². The molecule has 0 atom stereocenters. The Morgan fingerprint density at radius 2 is 1.95 bits per heavy atom. The zero-order valence-corrected chi connectivity index (χ0v) is 13.6. The molecule has 0 saturated carbocycles. The lowest BCUT2D eigenvalue weighted by Gasteiger charge is -2.12. The number of rotatable bonds is 2. The molecule has 3 nitrogen and oxygen atoms in total. The van der Waals surface area contributed by atoms with Crippen LogP contribution in [0.1, 0.15) is 27.3 Å². The molecule has 20 heavy (non-hydrogen) atoms. The molecule has 1 N–H and O–H groups in total. The van der Waals surface area contributed by atoms with Crippen molar-refractivity contribution in [2.45, 2.75) is 20.8 Å². The Balaban J connectivity index is 2.33. The summed E-state index contributed by atoms with van der Waals surface area (Å²) in [7, 11) is 0. The van der Waals surface area contributed by atoms with Gasteiger partial charge in [-0.2, -0.15) is 0 Å². The van der Waals surface area contributed by atoms with E-state index in [-0.39, 0.29) is 11.7 Å². The van der Waals surface area contributed by atoms with Crippen LogP contribution in [0.15, 0.2) is 24.3 Å². The van der Waals surface area contributed by atoms with Crippen LogP contribution in [-0.2, 0) is 0 Å². The summed E-state index contributed by atoms with van der Waals surface area (Å²) < 4.78 is 13.6. The smallest absolute Gasteiger partial charge is 0.256 e. The van der Waals surface area contributed by atoms with Crippen LogP contribution in [0.3, 0.4) is 0 Å². The highest BCUT2D eigenvalue weighted by molar-refractivity contribution is 14.1. The lowest BCUT2D eigenvalue weighted by molar-refractivity contribution is 0.102. The fourth-order valence-corrected chi connectivity index (χ4v) is 2.79. The van der Waals surface area contributed by atoms with E-state index in [0.717, 1.165) is 17.0 Å². The van der Waals surface area contributed by atoms with Crippen molar-refractivity contribution in [2.75, 3.05) is 5.32 Å². The first-order valence-corrected chi connectivity index (χ1v) is 7.17. The second-order valence-electron chi connectivity index (χ2n) is 4.62. The van der Waals surface area contributed by atoms with Crippen LogP contribution in [0, 0.1) is 30.2 Å². The molecule has 1 heterocycles. The van der Waals surface area contributed by atoms with Gasteiger partial charge in [0.15, 0.2) is 0 Å². The minimum atomic E-state index is -0.352. The third-order valence-corrected chi connectivity index (χ3v) is 3.83. The Morgan fingerprint density at radius 3 is 2.55 bits per heavy atom. The zero-order valence-electron chi connectivity index (χ0n) is 11.4. The molecule has 2 rings (SSSR count). The standard InChI is InChI=1S/C15H14FIN2O/c1-8-6-9(2)18-10(3)14(8)19-15(20)12-5-4-11(16)7-13(12)17/h4-7H,1-3H3,(H,19,20). The maximum atomic E-state index is 13.1. The minimum absolute atomic E-state index is 0.258. The van der Waals surface area contributed by atoms with Gasteiger partial charge in [-0.1, -0.05) is 0 Å². The summed E-state index contributed by atoms with van der Waals surface area (Å²) in [5.74, 6) is -0.610. The molecule has 0 unspecified atom stereocenters. The number of aryl methyl sites for hydroxylation is 3. The second kappa shape index (κ2) is 5.87. The normalized spacial score (nSPS) is 10.4. The topological polar surface area (TPSA) is 42.0 Å². The molecule has 5 heteroatoms. The van der Waals surface area contributed by atoms with Crippen molar-refractivity contribution in [1.29, 1.82) is 0 Å². The molecule has 0 aliphatic heterocycles. The van der Waals surface area contributed by atoms with Crippen LogP contribution < -0.4 is 5.32 Å². The van der Waals surface area contributed by atoms with E-state index in [9.17, 15) is 9.18 Å². The summed E-state index contributed by atoms with van der Waals surface area (Å²) in [6, 6.07) is 6.02. The maximum absolute atomic E-state index is 13.1. The Kier molecular flexibility index (Phi) is 4.37. The number of halogens is 2. The van der Waals surface area contributed by atoms with E-state index >= 15 is 0 Å². The van der Waals surface area contributed by atoms with Gasteiger partial charge in [0, 0.05) is 9.26 Å². The molecule has 0 saturated heterocycles. The molecule has 1 amide bonds. The molecule has 0 spiro atoms. The van der Waals surface area contributed by atoms with Crippen LogP contribution in [0.25, 0.3) is 0 Å². The summed E-state index contributed by atoms with van der Waals surface area (Å²) in [6.07, 6.45) is 0. The highest BCUT2D eigenvalue weighted by Gasteiger charge is 2.14. The number of hydrogen-bond donors (Lipinski definition) is 1. The first-order valence-electron chi connectivity index (χ1n) is 6.09. The van der Waals surface area contributed by atoms with Crippen molar-refractivity contribution in [3.8, 4) is 0 Å². The van der Waals surface area contributed by atoms with Crippen LogP contribution in [0.2, 0.25) is 0 Å². The number of hydrogen-bond acceptors (Lipinski definition) is 2. The molecule has 0 bridgehead atoms. The van der Waals surface area contributed by atoms with Gasteiger partial charge in [0.05, 0.1) is 16.9 Å². The van der Waals surface area contributed by atoms with E-state index in [1.165, 1.54) is 18.2 Å². The summed E-state index contributed by atoms with van der Waals surface area (Å²) >= 11 is 1.95. The number of benzene rings is 1. The van der Waals surface area contributed by atoms with Gasteiger partial charge < -0.3 is 5.32 Å². The number of pyridine rings is 1. The van der Waals surface area contributed by atoms with E-state index in [0.29, 0.717) is 14.8 Å². The van der Waals surface area contributed by atoms with Gasteiger partial charge in [-0.25, -0.2) is 4.39 Å². The largest absolute Gasteiger partial charge is 0.320 e. The lowest BCUT2D eigenvalue weighted by atomic mass is 10.1. The zero-order chi connectivity index (χ0) is 14.9. The molecular weight excluding hydrogens is 370 g/mol. The minimum Gasteiger partial charge on any atom is -0.320 e. The van der Waals surface area contributed by atoms with E-state index in [4.69, 9.17) is 0 Å². The quantitative estimate of drug-likeness (QED) is 0.796. The van der Waals surface area contributed by atoms with E-state index in [2.05, 4.69) is 10.3 Å². The van der Waals surface area contributed by atoms with Gasteiger partial charge in [0.2, 0.25) is 0 Å².